The lowest BCUT2D eigenvalue weighted by atomic mass is 10.3. The fraction of sp³-hybridized carbons (Fsp3) is 0. The number of benzene rings is 1. The van der Waals surface area contributed by atoms with Crippen LogP contribution in [0.3, 0.4) is 0 Å². The van der Waals surface area contributed by atoms with E-state index in [1.54, 1.807) is 0 Å². The van der Waals surface area contributed by atoms with Crippen molar-refractivity contribution in [3.8, 4) is 5.75 Å². The highest BCUT2D eigenvalue weighted by Gasteiger charge is 2.17. The summed E-state index contributed by atoms with van der Waals surface area (Å²) in [6, 6.07) is 1.15. The molecule has 4 N–H and O–H groups in total. The van der Waals surface area contributed by atoms with Gasteiger partial charge >= 0.3 is 0 Å². The van der Waals surface area contributed by atoms with E-state index in [4.69, 9.17) is 15.4 Å². The Labute approximate surface area is 73.4 Å². The first-order chi connectivity index (χ1) is 5.82. The maximum atomic E-state index is 12.8. The molecular weight excluding hydrogens is 201 g/mol. The van der Waals surface area contributed by atoms with Crippen molar-refractivity contribution in [2.24, 2.45) is 0 Å². The predicted octanol–water partition coefficient (Wildman–Crippen LogP) is 0.360. The fourth-order valence-corrected chi connectivity index (χ4v) is 1.34. The van der Waals surface area contributed by atoms with Gasteiger partial charge in [-0.05, 0) is 6.07 Å². The Hall–Kier alpha value is -1.34. The van der Waals surface area contributed by atoms with Crippen LogP contribution in [-0.2, 0) is 10.1 Å². The number of halogens is 1. The highest BCUT2D eigenvalue weighted by atomic mass is 32.2. The minimum Gasteiger partial charge on any atom is -0.506 e. The van der Waals surface area contributed by atoms with E-state index >= 15 is 0 Å². The number of hydrogen-bond donors (Lipinski definition) is 3. The molecule has 0 heterocycles. The summed E-state index contributed by atoms with van der Waals surface area (Å²) in [6.45, 7) is 0. The van der Waals surface area contributed by atoms with Gasteiger partial charge in [-0.3, -0.25) is 4.55 Å². The van der Waals surface area contributed by atoms with Crippen LogP contribution in [0.1, 0.15) is 0 Å². The van der Waals surface area contributed by atoms with Gasteiger partial charge in [0.2, 0.25) is 0 Å². The molecule has 7 heteroatoms. The highest BCUT2D eigenvalue weighted by molar-refractivity contribution is 7.85. The molecule has 0 fully saturated rings. The Bertz CT molecular complexity index is 442. The van der Waals surface area contributed by atoms with Crippen molar-refractivity contribution in [2.75, 3.05) is 5.73 Å². The van der Waals surface area contributed by atoms with Gasteiger partial charge in [0.25, 0.3) is 10.1 Å². The van der Waals surface area contributed by atoms with Crippen LogP contribution in [0.4, 0.5) is 10.1 Å². The molecule has 0 atom stereocenters. The molecule has 72 valence electrons. The van der Waals surface area contributed by atoms with Crippen molar-refractivity contribution < 1.29 is 22.5 Å². The van der Waals surface area contributed by atoms with Crippen molar-refractivity contribution in [2.45, 2.75) is 4.90 Å². The second-order valence-corrected chi connectivity index (χ2v) is 3.71. The molecule has 0 spiro atoms. The Morgan fingerprint density at radius 2 is 1.92 bits per heavy atom. The van der Waals surface area contributed by atoms with E-state index in [2.05, 4.69) is 0 Å². The lowest BCUT2D eigenvalue weighted by Gasteiger charge is -2.02. The number of rotatable bonds is 1. The molecule has 0 aliphatic rings. The van der Waals surface area contributed by atoms with Gasteiger partial charge in [0.05, 0.1) is 5.69 Å². The Morgan fingerprint density at radius 1 is 1.38 bits per heavy atom. The zero-order chi connectivity index (χ0) is 10.2. The van der Waals surface area contributed by atoms with Gasteiger partial charge in [0.1, 0.15) is 16.5 Å². The average molecular weight is 207 g/mol. The van der Waals surface area contributed by atoms with Crippen molar-refractivity contribution in [3.05, 3.63) is 17.9 Å². The average Bonchev–Trinajstić information content (AvgIpc) is 1.94. The molecular formula is C6H6FNO4S. The molecule has 13 heavy (non-hydrogen) atoms. The number of nitrogen functional groups attached to an aromatic ring is 1. The molecule has 1 aromatic carbocycles. The SMILES string of the molecule is Nc1cc(S(=O)(=O)O)c(F)cc1O. The van der Waals surface area contributed by atoms with E-state index in [-0.39, 0.29) is 5.69 Å². The third kappa shape index (κ3) is 1.87. The number of nitrogens with two attached hydrogens (primary N) is 1. The van der Waals surface area contributed by atoms with Crippen LogP contribution in [0, 0.1) is 5.82 Å². The van der Waals surface area contributed by atoms with Crippen molar-refractivity contribution >= 4 is 15.8 Å². The smallest absolute Gasteiger partial charge is 0.297 e. The Morgan fingerprint density at radius 3 is 2.38 bits per heavy atom. The molecule has 0 aliphatic heterocycles. The first-order valence-corrected chi connectivity index (χ1v) is 4.52. The van der Waals surface area contributed by atoms with Gasteiger partial charge in [-0.25, -0.2) is 4.39 Å². The first kappa shape index (κ1) is 9.75. The van der Waals surface area contributed by atoms with E-state index in [0.29, 0.717) is 12.1 Å². The second kappa shape index (κ2) is 2.86. The van der Waals surface area contributed by atoms with Crippen molar-refractivity contribution in [1.82, 2.24) is 0 Å². The standard InChI is InChI=1S/C6H6FNO4S/c7-3-1-5(9)4(8)2-6(3)13(10,11)12/h1-2,9H,8H2,(H,10,11,12). The van der Waals surface area contributed by atoms with Gasteiger partial charge in [0.15, 0.2) is 0 Å². The number of aromatic hydroxyl groups is 1. The molecule has 1 aromatic rings. The van der Waals surface area contributed by atoms with Crippen LogP contribution >= 0.6 is 0 Å². The minimum atomic E-state index is -4.64. The number of phenolic OH excluding ortho intramolecular Hbond substituents is 1. The van der Waals surface area contributed by atoms with E-state index in [1.165, 1.54) is 0 Å². The van der Waals surface area contributed by atoms with Crippen LogP contribution in [0.2, 0.25) is 0 Å². The van der Waals surface area contributed by atoms with Crippen LogP contribution in [0.15, 0.2) is 17.0 Å². The topological polar surface area (TPSA) is 101 Å². The quantitative estimate of drug-likeness (QED) is 0.350. The number of anilines is 1. The summed E-state index contributed by atoms with van der Waals surface area (Å²) in [5, 5.41) is 8.85. The van der Waals surface area contributed by atoms with Crippen LogP contribution < -0.4 is 5.73 Å². The zero-order valence-electron chi connectivity index (χ0n) is 6.23. The fourth-order valence-electron chi connectivity index (χ4n) is 0.756. The van der Waals surface area contributed by atoms with Gasteiger partial charge in [-0.2, -0.15) is 8.42 Å². The largest absolute Gasteiger partial charge is 0.506 e. The molecule has 0 bridgehead atoms. The van der Waals surface area contributed by atoms with Crippen molar-refractivity contribution in [3.63, 3.8) is 0 Å². The summed E-state index contributed by atoms with van der Waals surface area (Å²) in [5.41, 5.74) is 4.77. The van der Waals surface area contributed by atoms with E-state index in [1.807, 2.05) is 0 Å². The first-order valence-electron chi connectivity index (χ1n) is 3.08. The predicted molar refractivity (Wildman–Crippen MR) is 42.3 cm³/mol. The molecule has 5 nitrogen and oxygen atoms in total. The summed E-state index contributed by atoms with van der Waals surface area (Å²) in [7, 11) is -4.64. The summed E-state index contributed by atoms with van der Waals surface area (Å²) in [5.74, 6) is -1.83. The van der Waals surface area contributed by atoms with Crippen LogP contribution in [0.25, 0.3) is 0 Å². The minimum absolute atomic E-state index is 0.325. The van der Waals surface area contributed by atoms with Gasteiger partial charge in [0, 0.05) is 6.07 Å². The van der Waals surface area contributed by atoms with Gasteiger partial charge < -0.3 is 10.8 Å². The second-order valence-electron chi connectivity index (χ2n) is 2.32. The molecule has 0 amide bonds. The maximum Gasteiger partial charge on any atom is 0.297 e. The summed E-state index contributed by atoms with van der Waals surface area (Å²) < 4.78 is 42.2. The molecule has 1 rings (SSSR count). The molecule has 0 unspecified atom stereocenters. The van der Waals surface area contributed by atoms with Gasteiger partial charge in [-0.15, -0.1) is 0 Å². The normalized spacial score (nSPS) is 11.5. The lowest BCUT2D eigenvalue weighted by Crippen LogP contribution is -2.02. The summed E-state index contributed by atoms with van der Waals surface area (Å²) in [4.78, 5) is -0.956. The zero-order valence-corrected chi connectivity index (χ0v) is 7.05. The lowest BCUT2D eigenvalue weighted by molar-refractivity contribution is 0.460. The van der Waals surface area contributed by atoms with Crippen LogP contribution in [0.5, 0.6) is 5.75 Å². The van der Waals surface area contributed by atoms with Gasteiger partial charge in [-0.1, -0.05) is 0 Å². The number of phenols is 1. The number of hydrogen-bond acceptors (Lipinski definition) is 4. The monoisotopic (exact) mass is 207 g/mol. The Balaban J connectivity index is 3.50. The molecule has 0 aromatic heterocycles. The Kier molecular flexibility index (Phi) is 2.14. The highest BCUT2D eigenvalue weighted by Crippen LogP contribution is 2.26. The molecule has 0 aliphatic carbocycles. The molecule has 0 radical (unpaired) electrons. The van der Waals surface area contributed by atoms with E-state index < -0.39 is 26.6 Å². The third-order valence-electron chi connectivity index (χ3n) is 1.36. The summed E-state index contributed by atoms with van der Waals surface area (Å²) in [6.07, 6.45) is 0. The maximum absolute atomic E-state index is 12.8. The van der Waals surface area contributed by atoms with E-state index in [9.17, 15) is 12.8 Å². The molecule has 0 saturated heterocycles. The van der Waals surface area contributed by atoms with Crippen LogP contribution in [-0.4, -0.2) is 18.1 Å². The van der Waals surface area contributed by atoms with E-state index in [0.717, 1.165) is 0 Å². The summed E-state index contributed by atoms with van der Waals surface area (Å²) >= 11 is 0. The van der Waals surface area contributed by atoms with Crippen molar-refractivity contribution in [1.29, 1.82) is 0 Å². The third-order valence-corrected chi connectivity index (χ3v) is 2.23. The molecule has 0 saturated carbocycles.